The molecule has 0 spiro atoms. The van der Waals surface area contributed by atoms with Crippen molar-refractivity contribution < 1.29 is 22.8 Å². The van der Waals surface area contributed by atoms with E-state index in [0.717, 1.165) is 10.5 Å². The van der Waals surface area contributed by atoms with Gasteiger partial charge < -0.3 is 14.5 Å². The summed E-state index contributed by atoms with van der Waals surface area (Å²) in [4.78, 5) is 16.0. The summed E-state index contributed by atoms with van der Waals surface area (Å²) >= 11 is 0. The number of ether oxygens (including phenoxy) is 1. The highest BCUT2D eigenvalue weighted by Crippen LogP contribution is 2.16. The Kier molecular flexibility index (Phi) is 6.20. The molecule has 1 N–H and O–H groups in total. The van der Waals surface area contributed by atoms with Crippen molar-refractivity contribution >= 4 is 15.9 Å². The number of sulfonamides is 1. The van der Waals surface area contributed by atoms with Gasteiger partial charge in [0.2, 0.25) is 10.0 Å². The summed E-state index contributed by atoms with van der Waals surface area (Å²) < 4.78 is 32.8. The molecule has 1 aromatic rings. The molecule has 2 atom stereocenters. The fraction of sp³-hybridized carbons (Fsp3) is 0.632. The molecule has 2 fully saturated rings. The molecule has 7 nitrogen and oxygen atoms in total. The predicted molar refractivity (Wildman–Crippen MR) is 102 cm³/mol. The highest BCUT2D eigenvalue weighted by Gasteiger charge is 2.33. The van der Waals surface area contributed by atoms with Gasteiger partial charge in [-0.25, -0.2) is 8.42 Å². The van der Waals surface area contributed by atoms with Crippen molar-refractivity contribution in [1.29, 1.82) is 0 Å². The van der Waals surface area contributed by atoms with Gasteiger partial charge >= 0.3 is 0 Å². The SMILES string of the molecule is Cc1ccc(S(=O)(=O)N2CC[NH+](CC(=O)N3C[C@@H](C)O[C@H](C)C3)CC2)cc1. The average Bonchev–Trinajstić information content (AvgIpc) is 2.61. The fourth-order valence-electron chi connectivity index (χ4n) is 3.79. The van der Waals surface area contributed by atoms with Gasteiger partial charge in [0, 0.05) is 13.1 Å². The van der Waals surface area contributed by atoms with E-state index < -0.39 is 10.0 Å². The maximum Gasteiger partial charge on any atom is 0.277 e. The van der Waals surface area contributed by atoms with Crippen LogP contribution in [0.5, 0.6) is 0 Å². The average molecular weight is 397 g/mol. The zero-order valence-corrected chi connectivity index (χ0v) is 17.2. The lowest BCUT2D eigenvalue weighted by molar-refractivity contribution is -0.896. The summed E-state index contributed by atoms with van der Waals surface area (Å²) in [6.07, 6.45) is 0.119. The summed E-state index contributed by atoms with van der Waals surface area (Å²) in [5, 5.41) is 0. The predicted octanol–water partition coefficient (Wildman–Crippen LogP) is -0.480. The number of benzene rings is 1. The molecule has 8 heteroatoms. The lowest BCUT2D eigenvalue weighted by Gasteiger charge is -2.37. The van der Waals surface area contributed by atoms with Crippen LogP contribution in [0, 0.1) is 6.92 Å². The number of carbonyl (C=O) groups is 1. The number of carbonyl (C=O) groups excluding carboxylic acids is 1. The minimum absolute atomic E-state index is 0.0594. The van der Waals surface area contributed by atoms with E-state index in [1.807, 2.05) is 37.8 Å². The molecule has 0 saturated carbocycles. The van der Waals surface area contributed by atoms with Gasteiger partial charge in [-0.2, -0.15) is 4.31 Å². The number of rotatable bonds is 4. The second-order valence-electron chi connectivity index (χ2n) is 7.70. The van der Waals surface area contributed by atoms with Gasteiger partial charge in [0.1, 0.15) is 0 Å². The lowest BCUT2D eigenvalue weighted by atomic mass is 10.2. The Morgan fingerprint density at radius 1 is 1.11 bits per heavy atom. The van der Waals surface area contributed by atoms with Crippen molar-refractivity contribution in [2.24, 2.45) is 0 Å². The Balaban J connectivity index is 1.54. The second-order valence-corrected chi connectivity index (χ2v) is 9.64. The first kappa shape index (κ1) is 20.3. The molecule has 0 bridgehead atoms. The van der Waals surface area contributed by atoms with Crippen LogP contribution in [0.15, 0.2) is 29.2 Å². The normalized spacial score (nSPS) is 25.5. The Bertz CT molecular complexity index is 748. The molecule has 0 radical (unpaired) electrons. The zero-order chi connectivity index (χ0) is 19.6. The summed E-state index contributed by atoms with van der Waals surface area (Å²) in [5.74, 6) is 0.127. The minimum atomic E-state index is -3.46. The van der Waals surface area contributed by atoms with Gasteiger partial charge in [0.25, 0.3) is 5.91 Å². The molecule has 1 aromatic carbocycles. The number of nitrogens with zero attached hydrogens (tertiary/aromatic N) is 2. The number of piperazine rings is 1. The van der Waals surface area contributed by atoms with E-state index in [9.17, 15) is 13.2 Å². The van der Waals surface area contributed by atoms with Crippen LogP contribution < -0.4 is 4.90 Å². The maximum absolute atomic E-state index is 12.8. The molecule has 150 valence electrons. The molecule has 2 heterocycles. The third-order valence-corrected chi connectivity index (χ3v) is 7.17. The van der Waals surface area contributed by atoms with Crippen molar-refractivity contribution in [3.8, 4) is 0 Å². The van der Waals surface area contributed by atoms with Gasteiger partial charge in [-0.1, -0.05) is 17.7 Å². The van der Waals surface area contributed by atoms with E-state index in [2.05, 4.69) is 0 Å². The van der Waals surface area contributed by atoms with Crippen molar-refractivity contribution in [3.63, 3.8) is 0 Å². The number of morpholine rings is 1. The van der Waals surface area contributed by atoms with Crippen LogP contribution in [0.1, 0.15) is 19.4 Å². The maximum atomic E-state index is 12.8. The molecule has 2 aliphatic heterocycles. The van der Waals surface area contributed by atoms with Crippen LogP contribution in [0.25, 0.3) is 0 Å². The van der Waals surface area contributed by atoms with Crippen molar-refractivity contribution in [3.05, 3.63) is 29.8 Å². The zero-order valence-electron chi connectivity index (χ0n) is 16.3. The highest BCUT2D eigenvalue weighted by atomic mass is 32.2. The topological polar surface area (TPSA) is 71.4 Å². The van der Waals surface area contributed by atoms with Crippen molar-refractivity contribution in [1.82, 2.24) is 9.21 Å². The van der Waals surface area contributed by atoms with Gasteiger partial charge in [0.15, 0.2) is 6.54 Å². The van der Waals surface area contributed by atoms with Crippen molar-refractivity contribution in [2.75, 3.05) is 45.8 Å². The number of hydrogen-bond acceptors (Lipinski definition) is 4. The Hall–Kier alpha value is -1.48. The van der Waals surface area contributed by atoms with Crippen LogP contribution in [-0.4, -0.2) is 81.6 Å². The molecule has 1 amide bonds. The summed E-state index contributed by atoms with van der Waals surface area (Å²) in [7, 11) is -3.46. The Morgan fingerprint density at radius 2 is 1.67 bits per heavy atom. The van der Waals surface area contributed by atoms with Gasteiger partial charge in [-0.05, 0) is 32.9 Å². The van der Waals surface area contributed by atoms with Gasteiger partial charge in [0.05, 0.1) is 43.3 Å². The third-order valence-electron chi connectivity index (χ3n) is 5.26. The highest BCUT2D eigenvalue weighted by molar-refractivity contribution is 7.89. The minimum Gasteiger partial charge on any atom is -0.372 e. The van der Waals surface area contributed by atoms with E-state index >= 15 is 0 Å². The molecule has 0 unspecified atom stereocenters. The molecule has 0 aromatic heterocycles. The smallest absolute Gasteiger partial charge is 0.277 e. The van der Waals surface area contributed by atoms with Crippen molar-refractivity contribution in [2.45, 2.75) is 37.9 Å². The first-order chi connectivity index (χ1) is 12.8. The Labute approximate surface area is 161 Å². The number of hydrogen-bond donors (Lipinski definition) is 1. The second kappa shape index (κ2) is 8.26. The number of quaternary nitrogens is 1. The van der Waals surface area contributed by atoms with E-state index in [0.29, 0.717) is 50.7 Å². The van der Waals surface area contributed by atoms with Gasteiger partial charge in [-0.3, -0.25) is 4.79 Å². The van der Waals surface area contributed by atoms with E-state index in [1.165, 1.54) is 4.31 Å². The number of nitrogens with one attached hydrogen (secondary N) is 1. The number of aryl methyl sites for hydroxylation is 1. The molecule has 0 aliphatic carbocycles. The van der Waals surface area contributed by atoms with Gasteiger partial charge in [-0.15, -0.1) is 0 Å². The van der Waals surface area contributed by atoms with Crippen LogP contribution in [-0.2, 0) is 19.6 Å². The van der Waals surface area contributed by atoms with Crippen LogP contribution >= 0.6 is 0 Å². The molecular formula is C19H30N3O4S+. The van der Waals surface area contributed by atoms with E-state index in [-0.39, 0.29) is 18.1 Å². The summed E-state index contributed by atoms with van der Waals surface area (Å²) in [5.41, 5.74) is 1.04. The standard InChI is InChI=1S/C19H29N3O4S/c1-15-4-6-18(7-5-15)27(24,25)22-10-8-20(9-11-22)14-19(23)21-12-16(2)26-17(3)13-21/h4-7,16-17H,8-14H2,1-3H3/p+1/t16-,17-/m1/s1. The monoisotopic (exact) mass is 396 g/mol. The summed E-state index contributed by atoms with van der Waals surface area (Å²) in [6.45, 7) is 9.75. The first-order valence-electron chi connectivity index (χ1n) is 9.59. The first-order valence-corrected chi connectivity index (χ1v) is 11.0. The van der Waals surface area contributed by atoms with E-state index in [4.69, 9.17) is 4.74 Å². The molecule has 2 aliphatic rings. The van der Waals surface area contributed by atoms with E-state index in [1.54, 1.807) is 12.1 Å². The Morgan fingerprint density at radius 3 is 2.22 bits per heavy atom. The largest absolute Gasteiger partial charge is 0.372 e. The lowest BCUT2D eigenvalue weighted by Crippen LogP contribution is -3.15. The van der Waals surface area contributed by atoms with Crippen LogP contribution in [0.2, 0.25) is 0 Å². The summed E-state index contributed by atoms with van der Waals surface area (Å²) in [6, 6.07) is 6.96. The van der Waals surface area contributed by atoms with Crippen LogP contribution in [0.3, 0.4) is 0 Å². The molecule has 3 rings (SSSR count). The fourth-order valence-corrected chi connectivity index (χ4v) is 5.23. The van der Waals surface area contributed by atoms with Crippen LogP contribution in [0.4, 0.5) is 0 Å². The molecule has 27 heavy (non-hydrogen) atoms. The molecular weight excluding hydrogens is 366 g/mol. The number of amides is 1. The molecule has 2 saturated heterocycles. The quantitative estimate of drug-likeness (QED) is 0.746. The third kappa shape index (κ3) is 4.87.